The number of hydrogen-bond donors (Lipinski definition) is 1. The van der Waals surface area contributed by atoms with Crippen LogP contribution in [0.4, 0.5) is 0 Å². The third kappa shape index (κ3) is 7.35. The van der Waals surface area contributed by atoms with Crippen molar-refractivity contribution in [1.29, 1.82) is 0 Å². The van der Waals surface area contributed by atoms with Gasteiger partial charge in [0.05, 0.1) is 6.61 Å². The van der Waals surface area contributed by atoms with Crippen molar-refractivity contribution in [3.8, 4) is 0 Å². The van der Waals surface area contributed by atoms with Gasteiger partial charge in [-0.3, -0.25) is 0 Å². The second-order valence-corrected chi connectivity index (χ2v) is 22.3. The van der Waals surface area contributed by atoms with Gasteiger partial charge in [0.25, 0.3) is 0 Å². The molecule has 5 nitrogen and oxygen atoms in total. The first-order valence-electron chi connectivity index (χ1n) is 8.01. The van der Waals surface area contributed by atoms with Crippen LogP contribution in [0.25, 0.3) is 0 Å². The Morgan fingerprint density at radius 1 is 0.773 bits per heavy atom. The van der Waals surface area contributed by atoms with Crippen molar-refractivity contribution in [1.82, 2.24) is 0 Å². The first-order chi connectivity index (χ1) is 9.68. The van der Waals surface area contributed by atoms with Gasteiger partial charge in [-0.1, -0.05) is 0 Å². The summed E-state index contributed by atoms with van der Waals surface area (Å²) >= 11 is 0. The molecule has 0 unspecified atom stereocenters. The molecule has 1 aliphatic heterocycles. The molecule has 0 spiro atoms. The number of aliphatic hydroxyl groups excluding tert-OH is 1. The number of hydrogen-bond acceptors (Lipinski definition) is 5. The van der Waals surface area contributed by atoms with E-state index in [9.17, 15) is 5.11 Å². The van der Waals surface area contributed by atoms with E-state index in [1.807, 2.05) is 0 Å². The molecule has 1 heterocycles. The van der Waals surface area contributed by atoms with Gasteiger partial charge in [0, 0.05) is 0 Å². The molecule has 4 atom stereocenters. The van der Waals surface area contributed by atoms with Crippen LogP contribution in [0.2, 0.25) is 58.9 Å². The molecule has 0 saturated carbocycles. The zero-order chi connectivity index (χ0) is 17.3. The molecule has 0 aromatic rings. The Kier molecular flexibility index (Phi) is 6.65. The predicted molar refractivity (Wildman–Crippen MR) is 96.6 cm³/mol. The largest absolute Gasteiger partial charge is 0.415 e. The Morgan fingerprint density at radius 2 is 1.23 bits per heavy atom. The molecule has 0 bridgehead atoms. The lowest BCUT2D eigenvalue weighted by Crippen LogP contribution is -2.49. The van der Waals surface area contributed by atoms with Crippen molar-refractivity contribution >= 4 is 25.0 Å². The third-order valence-corrected chi connectivity index (χ3v) is 5.94. The monoisotopic (exact) mass is 366 g/mol. The van der Waals surface area contributed by atoms with Gasteiger partial charge in [-0.05, 0) is 58.9 Å². The van der Waals surface area contributed by atoms with Crippen LogP contribution in [0.1, 0.15) is 0 Å². The van der Waals surface area contributed by atoms with Crippen molar-refractivity contribution in [2.45, 2.75) is 83.5 Å². The fraction of sp³-hybridized carbons (Fsp3) is 1.00. The molecule has 1 fully saturated rings. The average Bonchev–Trinajstić information content (AvgIpc) is 2.49. The third-order valence-electron chi connectivity index (χ3n) is 2.95. The van der Waals surface area contributed by atoms with Gasteiger partial charge in [0.2, 0.25) is 0 Å². The Hall–Kier alpha value is 0.451. The first kappa shape index (κ1) is 20.5. The smallest absolute Gasteiger partial charge is 0.184 e. The van der Waals surface area contributed by atoms with Crippen molar-refractivity contribution in [2.24, 2.45) is 0 Å². The van der Waals surface area contributed by atoms with E-state index < -0.39 is 37.3 Å². The molecule has 8 heteroatoms. The summed E-state index contributed by atoms with van der Waals surface area (Å²) in [5, 5.41) is 10.3. The summed E-state index contributed by atoms with van der Waals surface area (Å²) in [6.45, 7) is 19.6. The summed E-state index contributed by atoms with van der Waals surface area (Å²) in [5.74, 6) is 0. The van der Waals surface area contributed by atoms with Crippen LogP contribution in [0.3, 0.4) is 0 Å². The maximum atomic E-state index is 10.3. The second-order valence-electron chi connectivity index (χ2n) is 8.88. The Labute approximate surface area is 138 Å². The summed E-state index contributed by atoms with van der Waals surface area (Å²) in [6.07, 6.45) is -1.89. The van der Waals surface area contributed by atoms with E-state index >= 15 is 0 Å². The van der Waals surface area contributed by atoms with E-state index in [0.717, 1.165) is 0 Å². The Balaban J connectivity index is 2.87. The van der Waals surface area contributed by atoms with Gasteiger partial charge in [-0.15, -0.1) is 0 Å². The lowest BCUT2D eigenvalue weighted by molar-refractivity contribution is -0.128. The molecular formula is C14H34O5Si3. The number of ether oxygens (including phenoxy) is 1. The van der Waals surface area contributed by atoms with Crippen molar-refractivity contribution in [2.75, 3.05) is 6.61 Å². The van der Waals surface area contributed by atoms with Crippen molar-refractivity contribution < 1.29 is 23.1 Å². The lowest BCUT2D eigenvalue weighted by Gasteiger charge is -2.33. The molecule has 22 heavy (non-hydrogen) atoms. The second kappa shape index (κ2) is 7.14. The van der Waals surface area contributed by atoms with E-state index in [1.54, 1.807) is 0 Å². The SMILES string of the molecule is C[Si](C)(C)OC[C@H]1O[C@H](O)[C@H](O[Si](C)(C)C)[C@H]1O[Si](C)(C)C. The van der Waals surface area contributed by atoms with Crippen LogP contribution in [-0.2, 0) is 18.0 Å². The zero-order valence-electron chi connectivity index (χ0n) is 15.6. The summed E-state index contributed by atoms with van der Waals surface area (Å²) in [6, 6.07) is 0. The van der Waals surface area contributed by atoms with Crippen LogP contribution in [0.5, 0.6) is 0 Å². The van der Waals surface area contributed by atoms with Crippen LogP contribution in [0.15, 0.2) is 0 Å². The quantitative estimate of drug-likeness (QED) is 0.702. The fourth-order valence-corrected chi connectivity index (χ4v) is 5.09. The highest BCUT2D eigenvalue weighted by Gasteiger charge is 2.48. The Morgan fingerprint density at radius 3 is 1.64 bits per heavy atom. The van der Waals surface area contributed by atoms with Gasteiger partial charge >= 0.3 is 0 Å². The molecule has 132 valence electrons. The molecule has 0 aliphatic carbocycles. The first-order valence-corrected chi connectivity index (χ1v) is 18.2. The highest BCUT2D eigenvalue weighted by molar-refractivity contribution is 6.70. The summed E-state index contributed by atoms with van der Waals surface area (Å²) < 4.78 is 24.1. The normalized spacial score (nSPS) is 30.8. The average molecular weight is 367 g/mol. The van der Waals surface area contributed by atoms with Crippen molar-refractivity contribution in [3.63, 3.8) is 0 Å². The van der Waals surface area contributed by atoms with E-state index in [4.69, 9.17) is 18.0 Å². The van der Waals surface area contributed by atoms with Crippen LogP contribution < -0.4 is 0 Å². The van der Waals surface area contributed by atoms with Gasteiger partial charge in [-0.25, -0.2) is 0 Å². The van der Waals surface area contributed by atoms with Gasteiger partial charge in [0.15, 0.2) is 31.2 Å². The molecule has 1 N–H and O–H groups in total. The lowest BCUT2D eigenvalue weighted by atomic mass is 10.1. The molecule has 0 aromatic heterocycles. The predicted octanol–water partition coefficient (Wildman–Crippen LogP) is 3.00. The topological polar surface area (TPSA) is 57.2 Å². The van der Waals surface area contributed by atoms with Gasteiger partial charge < -0.3 is 23.1 Å². The highest BCUT2D eigenvalue weighted by Crippen LogP contribution is 2.30. The van der Waals surface area contributed by atoms with E-state index in [0.29, 0.717) is 6.61 Å². The molecule has 1 saturated heterocycles. The summed E-state index contributed by atoms with van der Waals surface area (Å²) in [4.78, 5) is 0. The van der Waals surface area contributed by atoms with E-state index in [2.05, 4.69) is 58.9 Å². The maximum Gasteiger partial charge on any atom is 0.184 e. The molecule has 0 amide bonds. The van der Waals surface area contributed by atoms with Crippen LogP contribution in [0, 0.1) is 0 Å². The highest BCUT2D eigenvalue weighted by atomic mass is 28.4. The summed E-state index contributed by atoms with van der Waals surface area (Å²) in [5.41, 5.74) is 0. The van der Waals surface area contributed by atoms with Gasteiger partial charge in [0.1, 0.15) is 18.3 Å². The molecular weight excluding hydrogens is 332 g/mol. The molecule has 1 aliphatic rings. The molecule has 0 radical (unpaired) electrons. The van der Waals surface area contributed by atoms with E-state index in [-0.39, 0.29) is 12.2 Å². The van der Waals surface area contributed by atoms with Crippen molar-refractivity contribution in [3.05, 3.63) is 0 Å². The fourth-order valence-electron chi connectivity index (χ4n) is 2.26. The van der Waals surface area contributed by atoms with E-state index in [1.165, 1.54) is 0 Å². The van der Waals surface area contributed by atoms with Crippen LogP contribution >= 0.6 is 0 Å². The standard InChI is InChI=1S/C14H34O5Si3/c1-20(2,3)16-10-11-12(18-21(4,5)6)13(14(15)17-11)19-22(7,8)9/h11-15H,10H2,1-9H3/t11-,12+,13-,14+/m1/s1. The molecule has 1 rings (SSSR count). The maximum absolute atomic E-state index is 10.3. The number of aliphatic hydroxyl groups is 1. The van der Waals surface area contributed by atoms with Crippen LogP contribution in [-0.4, -0.2) is 61.3 Å². The minimum atomic E-state index is -1.81. The van der Waals surface area contributed by atoms with Gasteiger partial charge in [-0.2, -0.15) is 0 Å². The molecule has 0 aromatic carbocycles. The Bertz CT molecular complexity index is 359. The number of rotatable bonds is 7. The summed E-state index contributed by atoms with van der Waals surface area (Å²) in [7, 11) is -5.23. The zero-order valence-corrected chi connectivity index (χ0v) is 18.6. The minimum Gasteiger partial charge on any atom is -0.415 e. The minimum absolute atomic E-state index is 0.259.